The van der Waals surface area contributed by atoms with Crippen LogP contribution in [0.3, 0.4) is 0 Å². The van der Waals surface area contributed by atoms with Crippen LogP contribution in [0.4, 0.5) is 0 Å². The second-order valence-corrected chi connectivity index (χ2v) is 6.08. The van der Waals surface area contributed by atoms with Gasteiger partial charge in [-0.3, -0.25) is 9.59 Å². The standard InChI is InChI=1S/C18H18BrNO4/c1-12-4-3-5-13(8-12)18(22)20-10-17(21)24-11-14-9-15(19)6-7-16(14)23-2/h3-9H,10-11H2,1-2H3,(H,20,22). The monoisotopic (exact) mass is 391 g/mol. The van der Waals surface area contributed by atoms with E-state index in [-0.39, 0.29) is 19.1 Å². The van der Waals surface area contributed by atoms with E-state index in [1.165, 1.54) is 0 Å². The van der Waals surface area contributed by atoms with Crippen LogP contribution in [0.15, 0.2) is 46.9 Å². The van der Waals surface area contributed by atoms with Gasteiger partial charge >= 0.3 is 5.97 Å². The number of carbonyl (C=O) groups is 2. The number of aryl methyl sites for hydroxylation is 1. The summed E-state index contributed by atoms with van der Waals surface area (Å²) >= 11 is 3.36. The first kappa shape index (κ1) is 18.0. The maximum Gasteiger partial charge on any atom is 0.325 e. The van der Waals surface area contributed by atoms with Crippen LogP contribution in [0.25, 0.3) is 0 Å². The van der Waals surface area contributed by atoms with Crippen LogP contribution in [0.5, 0.6) is 5.75 Å². The highest BCUT2D eigenvalue weighted by Crippen LogP contribution is 2.23. The fourth-order valence-corrected chi connectivity index (χ4v) is 2.52. The topological polar surface area (TPSA) is 64.6 Å². The first-order chi connectivity index (χ1) is 11.5. The molecular weight excluding hydrogens is 374 g/mol. The molecule has 0 bridgehead atoms. The molecule has 1 amide bonds. The minimum absolute atomic E-state index is 0.0712. The molecule has 6 heteroatoms. The van der Waals surface area contributed by atoms with Gasteiger partial charge in [0.15, 0.2) is 0 Å². The second kappa shape index (κ2) is 8.49. The summed E-state index contributed by atoms with van der Waals surface area (Å²) in [7, 11) is 1.55. The summed E-state index contributed by atoms with van der Waals surface area (Å²) in [6.45, 7) is 1.78. The highest BCUT2D eigenvalue weighted by Gasteiger charge is 2.11. The Labute approximate surface area is 149 Å². The predicted octanol–water partition coefficient (Wildman–Crippen LogP) is 3.24. The Kier molecular flexibility index (Phi) is 6.37. The third-order valence-electron chi connectivity index (χ3n) is 3.30. The fraction of sp³-hybridized carbons (Fsp3) is 0.222. The highest BCUT2D eigenvalue weighted by molar-refractivity contribution is 9.10. The van der Waals surface area contributed by atoms with E-state index in [1.54, 1.807) is 31.4 Å². The van der Waals surface area contributed by atoms with Gasteiger partial charge in [0.05, 0.1) is 7.11 Å². The Balaban J connectivity index is 1.86. The molecule has 0 spiro atoms. The number of hydrogen-bond donors (Lipinski definition) is 1. The molecule has 126 valence electrons. The average molecular weight is 392 g/mol. The van der Waals surface area contributed by atoms with E-state index in [0.29, 0.717) is 11.3 Å². The van der Waals surface area contributed by atoms with E-state index in [9.17, 15) is 9.59 Å². The van der Waals surface area contributed by atoms with Crippen molar-refractivity contribution < 1.29 is 19.1 Å². The van der Waals surface area contributed by atoms with Gasteiger partial charge in [0.25, 0.3) is 5.91 Å². The Bertz CT molecular complexity index is 746. The molecule has 0 radical (unpaired) electrons. The van der Waals surface area contributed by atoms with E-state index in [1.807, 2.05) is 25.1 Å². The zero-order valence-corrected chi connectivity index (χ0v) is 15.1. The molecule has 24 heavy (non-hydrogen) atoms. The SMILES string of the molecule is COc1ccc(Br)cc1COC(=O)CNC(=O)c1cccc(C)c1. The summed E-state index contributed by atoms with van der Waals surface area (Å²) in [4.78, 5) is 23.8. The molecule has 0 saturated heterocycles. The first-order valence-corrected chi connectivity index (χ1v) is 8.12. The lowest BCUT2D eigenvalue weighted by atomic mass is 10.1. The first-order valence-electron chi connectivity index (χ1n) is 7.32. The third kappa shape index (κ3) is 5.09. The maximum absolute atomic E-state index is 12.0. The molecule has 0 aliphatic heterocycles. The smallest absolute Gasteiger partial charge is 0.325 e. The molecule has 2 aromatic rings. The van der Waals surface area contributed by atoms with Gasteiger partial charge in [0.1, 0.15) is 18.9 Å². The van der Waals surface area contributed by atoms with Gasteiger partial charge in [-0.25, -0.2) is 0 Å². The van der Waals surface area contributed by atoms with E-state index in [0.717, 1.165) is 15.6 Å². The molecule has 2 aromatic carbocycles. The predicted molar refractivity (Wildman–Crippen MR) is 94.0 cm³/mol. The van der Waals surface area contributed by atoms with Gasteiger partial charge in [-0.15, -0.1) is 0 Å². The van der Waals surface area contributed by atoms with Gasteiger partial charge < -0.3 is 14.8 Å². The van der Waals surface area contributed by atoms with Crippen LogP contribution in [-0.4, -0.2) is 25.5 Å². The number of methoxy groups -OCH3 is 1. The van der Waals surface area contributed by atoms with Crippen LogP contribution < -0.4 is 10.1 Å². The van der Waals surface area contributed by atoms with Crippen LogP contribution in [-0.2, 0) is 16.1 Å². The summed E-state index contributed by atoms with van der Waals surface area (Å²) in [6, 6.07) is 12.6. The van der Waals surface area contributed by atoms with Crippen molar-refractivity contribution in [3.05, 3.63) is 63.6 Å². The van der Waals surface area contributed by atoms with E-state index in [4.69, 9.17) is 9.47 Å². The van der Waals surface area contributed by atoms with Gasteiger partial charge in [-0.2, -0.15) is 0 Å². The van der Waals surface area contributed by atoms with Gasteiger partial charge in [0.2, 0.25) is 0 Å². The fourth-order valence-electron chi connectivity index (χ4n) is 2.11. The molecule has 5 nitrogen and oxygen atoms in total. The van der Waals surface area contributed by atoms with E-state index >= 15 is 0 Å². The van der Waals surface area contributed by atoms with E-state index < -0.39 is 5.97 Å². The molecule has 0 fully saturated rings. The largest absolute Gasteiger partial charge is 0.496 e. The molecule has 0 aliphatic carbocycles. The maximum atomic E-state index is 12.0. The number of amides is 1. The molecule has 0 atom stereocenters. The summed E-state index contributed by atoms with van der Waals surface area (Å²) in [5.41, 5.74) is 2.23. The van der Waals surface area contributed by atoms with Crippen LogP contribution in [0, 0.1) is 6.92 Å². The number of benzene rings is 2. The number of ether oxygens (including phenoxy) is 2. The molecule has 0 heterocycles. The lowest BCUT2D eigenvalue weighted by molar-refractivity contribution is -0.143. The van der Waals surface area contributed by atoms with Gasteiger partial charge in [-0.1, -0.05) is 33.6 Å². The minimum atomic E-state index is -0.516. The van der Waals surface area contributed by atoms with Gasteiger partial charge in [-0.05, 0) is 37.3 Å². The van der Waals surface area contributed by atoms with Crippen molar-refractivity contribution in [2.75, 3.05) is 13.7 Å². The molecule has 0 aliphatic rings. The Morgan fingerprint density at radius 3 is 2.67 bits per heavy atom. The zero-order valence-electron chi connectivity index (χ0n) is 13.5. The van der Waals surface area contributed by atoms with Crippen molar-refractivity contribution in [2.24, 2.45) is 0 Å². The number of hydrogen-bond acceptors (Lipinski definition) is 4. The third-order valence-corrected chi connectivity index (χ3v) is 3.80. The number of esters is 1. The highest BCUT2D eigenvalue weighted by atomic mass is 79.9. The summed E-state index contributed by atoms with van der Waals surface area (Å²) in [6.07, 6.45) is 0. The Hall–Kier alpha value is -2.34. The molecule has 0 saturated carbocycles. The second-order valence-electron chi connectivity index (χ2n) is 5.17. The van der Waals surface area contributed by atoms with Crippen molar-refractivity contribution in [1.29, 1.82) is 0 Å². The minimum Gasteiger partial charge on any atom is -0.496 e. The molecule has 0 unspecified atom stereocenters. The lowest BCUT2D eigenvalue weighted by Crippen LogP contribution is -2.30. The van der Waals surface area contributed by atoms with Crippen molar-refractivity contribution >= 4 is 27.8 Å². The van der Waals surface area contributed by atoms with Crippen LogP contribution in [0.2, 0.25) is 0 Å². The van der Waals surface area contributed by atoms with Gasteiger partial charge in [0, 0.05) is 15.6 Å². The quantitative estimate of drug-likeness (QED) is 0.767. The van der Waals surface area contributed by atoms with Crippen molar-refractivity contribution in [1.82, 2.24) is 5.32 Å². The Morgan fingerprint density at radius 2 is 1.96 bits per heavy atom. The molecule has 1 N–H and O–H groups in total. The number of rotatable bonds is 6. The van der Waals surface area contributed by atoms with Crippen LogP contribution >= 0.6 is 15.9 Å². The van der Waals surface area contributed by atoms with E-state index in [2.05, 4.69) is 21.2 Å². The number of carbonyl (C=O) groups excluding carboxylic acids is 2. The number of halogens is 1. The normalized spacial score (nSPS) is 10.1. The lowest BCUT2D eigenvalue weighted by Gasteiger charge is -2.10. The summed E-state index contributed by atoms with van der Waals surface area (Å²) in [5.74, 6) is -0.191. The average Bonchev–Trinajstić information content (AvgIpc) is 2.58. The zero-order chi connectivity index (χ0) is 17.5. The van der Waals surface area contributed by atoms with Crippen molar-refractivity contribution in [3.8, 4) is 5.75 Å². The summed E-state index contributed by atoms with van der Waals surface area (Å²) < 4.78 is 11.3. The summed E-state index contributed by atoms with van der Waals surface area (Å²) in [5, 5.41) is 2.55. The Morgan fingerprint density at radius 1 is 1.17 bits per heavy atom. The number of nitrogens with one attached hydrogen (secondary N) is 1. The van der Waals surface area contributed by atoms with Crippen molar-refractivity contribution in [2.45, 2.75) is 13.5 Å². The molecular formula is C18H18BrNO4. The van der Waals surface area contributed by atoms with Crippen molar-refractivity contribution in [3.63, 3.8) is 0 Å². The van der Waals surface area contributed by atoms with Crippen LogP contribution in [0.1, 0.15) is 21.5 Å². The molecule has 0 aromatic heterocycles. The molecule has 2 rings (SSSR count).